The number of aromatic hydroxyl groups is 1. The monoisotopic (exact) mass is 410 g/mol. The van der Waals surface area contributed by atoms with Crippen molar-refractivity contribution >= 4 is 23.8 Å². The number of hydrogen-bond acceptors (Lipinski definition) is 4. The molecule has 0 bridgehead atoms. The van der Waals surface area contributed by atoms with E-state index in [-0.39, 0.29) is 17.4 Å². The summed E-state index contributed by atoms with van der Waals surface area (Å²) in [7, 11) is 2.78. The summed E-state index contributed by atoms with van der Waals surface area (Å²) in [6.07, 6.45) is 4.80. The van der Waals surface area contributed by atoms with Crippen LogP contribution < -0.4 is 21.9 Å². The highest BCUT2D eigenvalue weighted by Gasteiger charge is 2.21. The Hall–Kier alpha value is -3.42. The summed E-state index contributed by atoms with van der Waals surface area (Å²) in [5, 5.41) is 11.8. The molecule has 30 heavy (non-hydrogen) atoms. The van der Waals surface area contributed by atoms with Crippen LogP contribution in [0.5, 0.6) is 5.88 Å². The van der Waals surface area contributed by atoms with Crippen molar-refractivity contribution < 1.29 is 9.90 Å². The van der Waals surface area contributed by atoms with Crippen molar-refractivity contribution in [1.29, 1.82) is 0 Å². The molecular weight excluding hydrogens is 384 g/mol. The third-order valence-electron chi connectivity index (χ3n) is 5.70. The third kappa shape index (κ3) is 3.28. The zero-order valence-corrected chi connectivity index (χ0v) is 18.1. The first-order valence-corrected chi connectivity index (χ1v) is 9.85. The van der Waals surface area contributed by atoms with E-state index in [0.29, 0.717) is 29.5 Å². The molecule has 0 unspecified atom stereocenters. The highest BCUT2D eigenvalue weighted by molar-refractivity contribution is 6.30. The van der Waals surface area contributed by atoms with Gasteiger partial charge in [-0.15, -0.1) is 0 Å². The van der Waals surface area contributed by atoms with Crippen molar-refractivity contribution in [2.75, 3.05) is 0 Å². The molecule has 158 valence electrons. The van der Waals surface area contributed by atoms with Crippen molar-refractivity contribution in [3.05, 3.63) is 59.4 Å². The number of allylic oxidation sites excluding steroid dienone is 1. The van der Waals surface area contributed by atoms with Crippen molar-refractivity contribution in [3.63, 3.8) is 0 Å². The smallest absolute Gasteiger partial charge is 0.333 e. The molecule has 3 heterocycles. The molecule has 0 saturated heterocycles. The molecule has 0 spiro atoms. The van der Waals surface area contributed by atoms with Crippen molar-refractivity contribution in [3.8, 4) is 5.88 Å². The van der Waals surface area contributed by atoms with E-state index < -0.39 is 11.2 Å². The van der Waals surface area contributed by atoms with Gasteiger partial charge in [-0.2, -0.15) is 0 Å². The first-order valence-electron chi connectivity index (χ1n) is 9.85. The van der Waals surface area contributed by atoms with Crippen LogP contribution in [0.25, 0.3) is 12.2 Å². The van der Waals surface area contributed by atoms with Crippen LogP contribution in [0, 0.1) is 6.92 Å². The predicted molar refractivity (Wildman–Crippen MR) is 116 cm³/mol. The van der Waals surface area contributed by atoms with E-state index in [1.54, 1.807) is 13.0 Å². The Morgan fingerprint density at radius 1 is 1.00 bits per heavy atom. The molecule has 2 aromatic rings. The van der Waals surface area contributed by atoms with Crippen LogP contribution in [0.15, 0.2) is 25.7 Å². The average molecular weight is 410 g/mol. The fraction of sp³-hybridized carbons (Fsp3) is 0.364. The molecule has 8 heteroatoms. The quantitative estimate of drug-likeness (QED) is 0.756. The van der Waals surface area contributed by atoms with E-state index >= 15 is 0 Å². The maximum Gasteiger partial charge on any atom is 0.333 e. The maximum absolute atomic E-state index is 12.6. The zero-order valence-electron chi connectivity index (χ0n) is 18.1. The Morgan fingerprint density at radius 3 is 2.27 bits per heavy atom. The molecule has 0 atom stereocenters. The largest absolute Gasteiger partial charge is 0.494 e. The van der Waals surface area contributed by atoms with Crippen molar-refractivity contribution in [2.24, 2.45) is 19.1 Å². The van der Waals surface area contributed by atoms with Crippen LogP contribution in [0.2, 0.25) is 0 Å². The molecule has 0 aliphatic carbocycles. The van der Waals surface area contributed by atoms with Gasteiger partial charge in [0.05, 0.1) is 5.71 Å². The molecule has 0 fully saturated rings. The molecule has 8 nitrogen and oxygen atoms in total. The zero-order chi connectivity index (χ0) is 22.3. The second-order valence-electron chi connectivity index (χ2n) is 7.40. The number of nitrogens with zero attached hydrogens (tertiary/aromatic N) is 3. The second-order valence-corrected chi connectivity index (χ2v) is 7.40. The normalized spacial score (nSPS) is 15.5. The summed E-state index contributed by atoms with van der Waals surface area (Å²) in [6, 6.07) is 0. The fourth-order valence-corrected chi connectivity index (χ4v) is 3.82. The second kappa shape index (κ2) is 7.78. The summed E-state index contributed by atoms with van der Waals surface area (Å²) in [5.74, 6) is -0.607. The van der Waals surface area contributed by atoms with Crippen LogP contribution in [-0.2, 0) is 25.3 Å². The molecule has 1 amide bonds. The maximum atomic E-state index is 12.6. The summed E-state index contributed by atoms with van der Waals surface area (Å²) >= 11 is 0. The Labute approximate surface area is 173 Å². The van der Waals surface area contributed by atoms with Gasteiger partial charge >= 0.3 is 5.69 Å². The summed E-state index contributed by atoms with van der Waals surface area (Å²) in [6.45, 7) is 7.71. The number of carbonyl (C=O) groups excluding carboxylic acids is 1. The number of nitrogens with one attached hydrogen (secondary N) is 1. The fourth-order valence-electron chi connectivity index (χ4n) is 3.82. The number of aromatic amines is 1. The standard InChI is InChI=1S/C22H26N4O4/c1-7-13-11(3)16(10-18-14(8-2)12(4)19(27)24-18)23-17(13)9-15-20(28)25(5)22(30)26(6)21(15)29/h9-10,23,28H,7-8H2,1-6H3/b16-10-,17-9-. The van der Waals surface area contributed by atoms with Crippen molar-refractivity contribution in [1.82, 2.24) is 14.1 Å². The van der Waals surface area contributed by atoms with E-state index in [1.165, 1.54) is 14.1 Å². The van der Waals surface area contributed by atoms with E-state index in [1.807, 2.05) is 26.8 Å². The lowest BCUT2D eigenvalue weighted by Crippen LogP contribution is -2.38. The number of carbonyl (C=O) groups is 1. The van der Waals surface area contributed by atoms with Crippen molar-refractivity contribution in [2.45, 2.75) is 40.5 Å². The summed E-state index contributed by atoms with van der Waals surface area (Å²) in [5.41, 5.74) is 3.02. The molecule has 2 aromatic heterocycles. The summed E-state index contributed by atoms with van der Waals surface area (Å²) in [4.78, 5) is 44.0. The van der Waals surface area contributed by atoms with Gasteiger partial charge in [-0.25, -0.2) is 9.79 Å². The van der Waals surface area contributed by atoms with Crippen LogP contribution >= 0.6 is 0 Å². The van der Waals surface area contributed by atoms with E-state index in [2.05, 4.69) is 9.98 Å². The van der Waals surface area contributed by atoms with Gasteiger partial charge in [0.25, 0.3) is 11.5 Å². The molecule has 0 saturated carbocycles. The van der Waals surface area contributed by atoms with E-state index in [4.69, 9.17) is 0 Å². The van der Waals surface area contributed by atoms with Gasteiger partial charge in [0, 0.05) is 30.4 Å². The first-order chi connectivity index (χ1) is 14.1. The summed E-state index contributed by atoms with van der Waals surface area (Å²) < 4.78 is 1.99. The number of amides is 1. The van der Waals surface area contributed by atoms with Gasteiger partial charge in [-0.1, -0.05) is 13.8 Å². The topological polar surface area (TPSA) is 109 Å². The van der Waals surface area contributed by atoms with Gasteiger partial charge < -0.3 is 10.1 Å². The Morgan fingerprint density at radius 2 is 1.67 bits per heavy atom. The molecule has 0 radical (unpaired) electrons. The minimum absolute atomic E-state index is 0.0282. The van der Waals surface area contributed by atoms with E-state index in [0.717, 1.165) is 31.2 Å². The average Bonchev–Trinajstić information content (AvgIpc) is 3.17. The minimum Gasteiger partial charge on any atom is -0.494 e. The van der Waals surface area contributed by atoms with E-state index in [9.17, 15) is 19.5 Å². The molecule has 1 aliphatic heterocycles. The van der Waals surface area contributed by atoms with Crippen LogP contribution in [-0.4, -0.2) is 30.8 Å². The third-order valence-corrected chi connectivity index (χ3v) is 5.70. The molecule has 2 N–H and O–H groups in total. The Kier molecular flexibility index (Phi) is 5.52. The highest BCUT2D eigenvalue weighted by Crippen LogP contribution is 2.20. The number of hydrogen-bond donors (Lipinski definition) is 2. The lowest BCUT2D eigenvalue weighted by atomic mass is 10.0. The Bertz CT molecular complexity index is 1360. The lowest BCUT2D eigenvalue weighted by Gasteiger charge is -2.07. The van der Waals surface area contributed by atoms with Gasteiger partial charge in [-0.05, 0) is 55.5 Å². The van der Waals surface area contributed by atoms with Gasteiger partial charge in [0.1, 0.15) is 5.56 Å². The highest BCUT2D eigenvalue weighted by atomic mass is 16.3. The molecule has 0 aromatic carbocycles. The van der Waals surface area contributed by atoms with Gasteiger partial charge in [0.2, 0.25) is 5.88 Å². The molecule has 1 aliphatic rings. The lowest BCUT2D eigenvalue weighted by molar-refractivity contribution is -0.114. The number of aromatic nitrogens is 3. The first kappa shape index (κ1) is 21.3. The Balaban J connectivity index is 2.30. The number of rotatable bonds is 4. The van der Waals surface area contributed by atoms with Crippen LogP contribution in [0.3, 0.4) is 0 Å². The minimum atomic E-state index is -0.597. The number of H-pyrrole nitrogens is 1. The molecular formula is C22H26N4O4. The van der Waals surface area contributed by atoms with Gasteiger partial charge in [-0.3, -0.25) is 18.7 Å². The number of aliphatic imine (C=N–C) groups is 1. The molecule has 3 rings (SSSR count). The van der Waals surface area contributed by atoms with Crippen LogP contribution in [0.4, 0.5) is 0 Å². The predicted octanol–water partition coefficient (Wildman–Crippen LogP) is 0.306. The SMILES string of the molecule is CCC1=C(C)C(=O)N=C1/C=c1\[nH]/c(=C\c2c(O)n(C)c(=O)n(C)c2=O)c(CC)c1C. The van der Waals surface area contributed by atoms with Gasteiger partial charge in [0.15, 0.2) is 0 Å². The van der Waals surface area contributed by atoms with Crippen LogP contribution in [0.1, 0.15) is 43.9 Å².